The number of amides is 1. The summed E-state index contributed by atoms with van der Waals surface area (Å²) in [6, 6.07) is 0. The van der Waals surface area contributed by atoms with E-state index < -0.39 is 18.1 Å². The van der Waals surface area contributed by atoms with Gasteiger partial charge < -0.3 is 25.4 Å². The van der Waals surface area contributed by atoms with Crippen LogP contribution in [0.4, 0.5) is 8.78 Å². The van der Waals surface area contributed by atoms with Crippen molar-refractivity contribution in [1.82, 2.24) is 20.2 Å². The Bertz CT molecular complexity index is 903. The molecule has 4 heterocycles. The monoisotopic (exact) mass is 472 g/mol. The van der Waals surface area contributed by atoms with Crippen LogP contribution in [0, 0.1) is 5.92 Å². The van der Waals surface area contributed by atoms with Gasteiger partial charge in [0.25, 0.3) is 5.91 Å². The maximum absolute atomic E-state index is 12.6. The molecule has 3 aliphatic rings. The van der Waals surface area contributed by atoms with Crippen LogP contribution >= 0.6 is 23.5 Å². The summed E-state index contributed by atoms with van der Waals surface area (Å²) in [5.74, 6) is 0.787. The molecule has 1 aromatic heterocycles. The standard InChI is InChI=1S/C18H22F2N6O3S2/c1-9-3-10-6-31-17(21)25-18(10,8-28-9)15-26(2)12(7-30-15)24-14(27)13-22-4-11(5-23-13)29-16(19)20/h4-5,7,9-10,15-16H,3,6,8H2,1-2H3,(H2,21,25)(H,24,27)/t9-,10-,15?,18-/m0/s1. The number of fused-ring (bicyclic) bond motifs is 1. The molecule has 31 heavy (non-hydrogen) atoms. The maximum atomic E-state index is 12.6. The number of aromatic nitrogens is 2. The number of nitrogens with two attached hydrogens (primary N) is 1. The summed E-state index contributed by atoms with van der Waals surface area (Å²) in [6.07, 6.45) is 3.10. The Balaban J connectivity index is 1.46. The van der Waals surface area contributed by atoms with Crippen LogP contribution in [-0.4, -0.2) is 69.0 Å². The molecular weight excluding hydrogens is 450 g/mol. The van der Waals surface area contributed by atoms with E-state index in [1.54, 1.807) is 23.5 Å². The average molecular weight is 473 g/mol. The number of ether oxygens (including phenoxy) is 2. The van der Waals surface area contributed by atoms with Crippen molar-refractivity contribution in [3.05, 3.63) is 29.4 Å². The van der Waals surface area contributed by atoms with E-state index >= 15 is 0 Å². The zero-order valence-corrected chi connectivity index (χ0v) is 18.5. The second-order valence-electron chi connectivity index (χ2n) is 7.48. The minimum atomic E-state index is -2.99. The number of carbonyl (C=O) groups excluding carboxylic acids is 1. The lowest BCUT2D eigenvalue weighted by Crippen LogP contribution is -2.61. The number of likely N-dealkylation sites (N-methyl/N-ethyl adjacent to an activating group) is 1. The predicted molar refractivity (Wildman–Crippen MR) is 114 cm³/mol. The summed E-state index contributed by atoms with van der Waals surface area (Å²) in [5.41, 5.74) is 5.56. The Hall–Kier alpha value is -2.12. The third-order valence-electron chi connectivity index (χ3n) is 5.44. The summed E-state index contributed by atoms with van der Waals surface area (Å²) in [7, 11) is 1.87. The van der Waals surface area contributed by atoms with Crippen molar-refractivity contribution in [3.63, 3.8) is 0 Å². The van der Waals surface area contributed by atoms with Crippen molar-refractivity contribution in [2.45, 2.75) is 37.0 Å². The number of hydrogen-bond acceptors (Lipinski definition) is 10. The van der Waals surface area contributed by atoms with E-state index in [0.717, 1.165) is 24.6 Å². The van der Waals surface area contributed by atoms with Gasteiger partial charge in [0.05, 0.1) is 25.1 Å². The van der Waals surface area contributed by atoms with Crippen LogP contribution in [0.15, 0.2) is 28.6 Å². The molecule has 168 valence electrons. The maximum Gasteiger partial charge on any atom is 0.387 e. The highest BCUT2D eigenvalue weighted by molar-refractivity contribution is 8.13. The first-order chi connectivity index (χ1) is 14.8. The van der Waals surface area contributed by atoms with E-state index in [4.69, 9.17) is 15.5 Å². The van der Waals surface area contributed by atoms with Gasteiger partial charge in [-0.05, 0) is 13.3 Å². The molecule has 0 radical (unpaired) electrons. The lowest BCUT2D eigenvalue weighted by Gasteiger charge is -2.50. The largest absolute Gasteiger partial charge is 0.432 e. The Morgan fingerprint density at radius 1 is 1.45 bits per heavy atom. The third-order valence-corrected chi connectivity index (χ3v) is 7.74. The number of amidine groups is 1. The van der Waals surface area contributed by atoms with Gasteiger partial charge in [-0.25, -0.2) is 9.97 Å². The summed E-state index contributed by atoms with van der Waals surface area (Å²) in [6.45, 7) is -0.478. The average Bonchev–Trinajstić information content (AvgIpc) is 3.09. The van der Waals surface area contributed by atoms with Crippen LogP contribution in [0.25, 0.3) is 0 Å². The van der Waals surface area contributed by atoms with E-state index in [0.29, 0.717) is 23.5 Å². The van der Waals surface area contributed by atoms with E-state index in [1.807, 2.05) is 17.4 Å². The highest BCUT2D eigenvalue weighted by Crippen LogP contribution is 2.48. The fraction of sp³-hybridized carbons (Fsp3) is 0.556. The Kier molecular flexibility index (Phi) is 6.26. The lowest BCUT2D eigenvalue weighted by molar-refractivity contribution is -0.0552. The zero-order chi connectivity index (χ0) is 22.2. The quantitative estimate of drug-likeness (QED) is 0.662. The van der Waals surface area contributed by atoms with Crippen molar-refractivity contribution in [1.29, 1.82) is 0 Å². The third kappa shape index (κ3) is 4.44. The van der Waals surface area contributed by atoms with Gasteiger partial charge in [0.15, 0.2) is 10.9 Å². The second-order valence-corrected chi connectivity index (χ2v) is 9.48. The molecule has 9 nitrogen and oxygen atoms in total. The normalized spacial score (nSPS) is 30.5. The molecule has 1 saturated heterocycles. The molecule has 0 saturated carbocycles. The molecule has 0 aromatic carbocycles. The predicted octanol–water partition coefficient (Wildman–Crippen LogP) is 1.84. The summed E-state index contributed by atoms with van der Waals surface area (Å²) < 4.78 is 34.7. The number of alkyl halides is 2. The van der Waals surface area contributed by atoms with Crippen LogP contribution in [0.1, 0.15) is 24.0 Å². The van der Waals surface area contributed by atoms with Crippen LogP contribution < -0.4 is 15.8 Å². The molecule has 1 unspecified atom stereocenters. The number of rotatable bonds is 5. The van der Waals surface area contributed by atoms with Gasteiger partial charge in [-0.15, -0.1) is 11.8 Å². The molecule has 3 N–H and O–H groups in total. The topological polar surface area (TPSA) is 115 Å². The Morgan fingerprint density at radius 2 is 2.19 bits per heavy atom. The molecule has 1 amide bonds. The summed E-state index contributed by atoms with van der Waals surface area (Å²) >= 11 is 3.11. The van der Waals surface area contributed by atoms with Crippen molar-refractivity contribution in [3.8, 4) is 5.75 Å². The number of hydrogen-bond donors (Lipinski definition) is 2. The first-order valence-corrected chi connectivity index (χ1v) is 11.5. The van der Waals surface area contributed by atoms with Crippen LogP contribution in [0.2, 0.25) is 0 Å². The molecule has 4 atom stereocenters. The molecule has 4 rings (SSSR count). The molecular formula is C18H22F2N6O3S2. The Labute approximate surface area is 186 Å². The molecule has 0 spiro atoms. The fourth-order valence-corrected chi connectivity index (χ4v) is 6.28. The summed E-state index contributed by atoms with van der Waals surface area (Å²) in [4.78, 5) is 26.9. The van der Waals surface area contributed by atoms with Crippen molar-refractivity contribution >= 4 is 34.6 Å². The van der Waals surface area contributed by atoms with Gasteiger partial charge in [-0.2, -0.15) is 8.78 Å². The molecule has 3 aliphatic heterocycles. The lowest BCUT2D eigenvalue weighted by atomic mass is 9.79. The van der Waals surface area contributed by atoms with Crippen LogP contribution in [0.3, 0.4) is 0 Å². The number of aliphatic imine (C=N–C) groups is 1. The van der Waals surface area contributed by atoms with Crippen molar-refractivity contribution in [2.24, 2.45) is 16.6 Å². The van der Waals surface area contributed by atoms with E-state index in [-0.39, 0.29) is 23.1 Å². The Morgan fingerprint density at radius 3 is 2.90 bits per heavy atom. The SMILES string of the molecule is C[C@H]1C[C@H]2CSC(N)=N[C@@]2(C2SC=C(NC(=O)c3ncc(OC(F)F)cn3)N2C)CO1. The van der Waals surface area contributed by atoms with Gasteiger partial charge in [0, 0.05) is 24.1 Å². The molecule has 0 aliphatic carbocycles. The second kappa shape index (κ2) is 8.79. The highest BCUT2D eigenvalue weighted by atomic mass is 32.2. The number of carbonyl (C=O) groups is 1. The van der Waals surface area contributed by atoms with Crippen molar-refractivity contribution < 1.29 is 23.0 Å². The van der Waals surface area contributed by atoms with Gasteiger partial charge in [-0.1, -0.05) is 11.8 Å². The number of nitrogens with one attached hydrogen (secondary N) is 1. The molecule has 13 heteroatoms. The van der Waals surface area contributed by atoms with Crippen LogP contribution in [-0.2, 0) is 4.74 Å². The molecule has 1 fully saturated rings. The molecule has 1 aromatic rings. The van der Waals surface area contributed by atoms with E-state index in [9.17, 15) is 13.6 Å². The van der Waals surface area contributed by atoms with Gasteiger partial charge >= 0.3 is 6.61 Å². The minimum Gasteiger partial charge on any atom is -0.432 e. The zero-order valence-electron chi connectivity index (χ0n) is 16.8. The smallest absolute Gasteiger partial charge is 0.387 e. The number of nitrogens with zero attached hydrogens (tertiary/aromatic N) is 4. The van der Waals surface area contributed by atoms with Crippen LogP contribution in [0.5, 0.6) is 5.75 Å². The fourth-order valence-electron chi connectivity index (χ4n) is 3.92. The first kappa shape index (κ1) is 22.1. The number of halogens is 2. The van der Waals surface area contributed by atoms with Gasteiger partial charge in [0.1, 0.15) is 16.7 Å². The highest BCUT2D eigenvalue weighted by Gasteiger charge is 2.54. The van der Waals surface area contributed by atoms with E-state index in [2.05, 4.69) is 26.9 Å². The van der Waals surface area contributed by atoms with E-state index in [1.165, 1.54) is 0 Å². The van der Waals surface area contributed by atoms with Gasteiger partial charge in [0.2, 0.25) is 5.82 Å². The van der Waals surface area contributed by atoms with Gasteiger partial charge in [-0.3, -0.25) is 9.79 Å². The minimum absolute atomic E-state index is 0.109. The molecule has 0 bridgehead atoms. The first-order valence-electron chi connectivity index (χ1n) is 9.55. The van der Waals surface area contributed by atoms with Crippen molar-refractivity contribution in [2.75, 3.05) is 19.4 Å². The number of thioether (sulfide) groups is 2. The summed E-state index contributed by atoms with van der Waals surface area (Å²) in [5, 5.41) is 5.05.